The maximum absolute atomic E-state index is 12.6. The van der Waals surface area contributed by atoms with Gasteiger partial charge in [-0.2, -0.15) is 0 Å². The van der Waals surface area contributed by atoms with E-state index in [1.807, 2.05) is 20.8 Å². The predicted molar refractivity (Wildman–Crippen MR) is 148 cm³/mol. The summed E-state index contributed by atoms with van der Waals surface area (Å²) in [5.74, 6) is 1.57. The summed E-state index contributed by atoms with van der Waals surface area (Å²) in [6.07, 6.45) is -0.426. The molecule has 0 aliphatic rings. The third kappa shape index (κ3) is 10.7. The smallest absolute Gasteiger partial charge is 0.407 e. The molecule has 2 aromatic carbocycles. The number of carbonyl (C=O) groups excluding carboxylic acids is 3. The van der Waals surface area contributed by atoms with Crippen LogP contribution in [-0.2, 0) is 9.53 Å². The van der Waals surface area contributed by atoms with Crippen molar-refractivity contribution in [2.75, 3.05) is 24.6 Å². The zero-order valence-corrected chi connectivity index (χ0v) is 23.6. The van der Waals surface area contributed by atoms with E-state index in [0.717, 1.165) is 5.75 Å². The molecule has 0 saturated carbocycles. The summed E-state index contributed by atoms with van der Waals surface area (Å²) >= 11 is 5.88. The number of halogens is 1. The summed E-state index contributed by atoms with van der Waals surface area (Å²) in [6, 6.07) is 13.4. The average molecular weight is 553 g/mol. The molecular formula is C26H33ClN2O5S2. The van der Waals surface area contributed by atoms with E-state index in [0.29, 0.717) is 40.7 Å². The van der Waals surface area contributed by atoms with Gasteiger partial charge in [-0.1, -0.05) is 33.2 Å². The van der Waals surface area contributed by atoms with E-state index in [1.165, 1.54) is 0 Å². The van der Waals surface area contributed by atoms with Crippen molar-refractivity contribution in [1.82, 2.24) is 10.6 Å². The molecule has 2 N–H and O–H groups in total. The summed E-state index contributed by atoms with van der Waals surface area (Å²) in [5.41, 5.74) is -0.537. The third-order valence-corrected chi connectivity index (χ3v) is 7.21. The number of alkyl carbamates (subject to hydrolysis) is 1. The van der Waals surface area contributed by atoms with Gasteiger partial charge in [0.15, 0.2) is 11.4 Å². The van der Waals surface area contributed by atoms with Crippen LogP contribution in [0.5, 0.6) is 5.75 Å². The van der Waals surface area contributed by atoms with Gasteiger partial charge in [-0.05, 0) is 83.1 Å². The number of carbonyl (C=O) groups is 3. The van der Waals surface area contributed by atoms with Gasteiger partial charge in [0.05, 0.1) is 0 Å². The Morgan fingerprint density at radius 2 is 1.31 bits per heavy atom. The van der Waals surface area contributed by atoms with Gasteiger partial charge in [0.2, 0.25) is 0 Å². The van der Waals surface area contributed by atoms with Crippen LogP contribution in [-0.4, -0.2) is 53.6 Å². The number of hydrogen-bond acceptors (Lipinski definition) is 7. The third-order valence-electron chi connectivity index (χ3n) is 4.55. The van der Waals surface area contributed by atoms with Gasteiger partial charge in [0.1, 0.15) is 11.4 Å². The number of ether oxygens (including phenoxy) is 2. The molecule has 0 fully saturated rings. The molecule has 196 valence electrons. The molecule has 0 saturated heterocycles. The number of ketones is 1. The minimum absolute atomic E-state index is 0.119. The largest absolute Gasteiger partial charge is 0.478 e. The minimum Gasteiger partial charge on any atom is -0.478 e. The monoisotopic (exact) mass is 552 g/mol. The van der Waals surface area contributed by atoms with Gasteiger partial charge in [-0.3, -0.25) is 9.59 Å². The van der Waals surface area contributed by atoms with Gasteiger partial charge in [0.25, 0.3) is 5.91 Å². The molecule has 2 amide bonds. The zero-order chi connectivity index (χ0) is 26.8. The summed E-state index contributed by atoms with van der Waals surface area (Å²) in [4.78, 5) is 36.8. The maximum atomic E-state index is 12.6. The molecule has 10 heteroatoms. The van der Waals surface area contributed by atoms with Crippen molar-refractivity contribution in [3.05, 3.63) is 64.7 Å². The lowest BCUT2D eigenvalue weighted by Crippen LogP contribution is -2.47. The number of benzene rings is 2. The van der Waals surface area contributed by atoms with Gasteiger partial charge in [-0.25, -0.2) is 4.79 Å². The lowest BCUT2D eigenvalue weighted by Gasteiger charge is -2.25. The molecule has 36 heavy (non-hydrogen) atoms. The number of nitrogens with one attached hydrogen (secondary N) is 2. The Bertz CT molecular complexity index is 1020. The second kappa shape index (κ2) is 13.8. The molecule has 0 atom stereocenters. The molecule has 7 nitrogen and oxygen atoms in total. The SMILES string of the molecule is CC(C)(C)OC(=O)NCCSSCCNC(=O)C(C)(C)Oc1ccc(C(=O)c2ccc(Cl)cc2)cc1. The van der Waals surface area contributed by atoms with E-state index in [9.17, 15) is 14.4 Å². The van der Waals surface area contributed by atoms with Crippen molar-refractivity contribution in [2.24, 2.45) is 0 Å². The molecular weight excluding hydrogens is 520 g/mol. The Morgan fingerprint density at radius 3 is 1.83 bits per heavy atom. The van der Waals surface area contributed by atoms with Crippen molar-refractivity contribution in [1.29, 1.82) is 0 Å². The van der Waals surface area contributed by atoms with Crippen LogP contribution >= 0.6 is 33.2 Å². The summed E-state index contributed by atoms with van der Waals surface area (Å²) in [7, 11) is 3.21. The minimum atomic E-state index is -1.09. The fraction of sp³-hybridized carbons (Fsp3) is 0.423. The van der Waals surface area contributed by atoms with E-state index < -0.39 is 17.3 Å². The normalized spacial score (nSPS) is 11.5. The maximum Gasteiger partial charge on any atom is 0.407 e. The zero-order valence-electron chi connectivity index (χ0n) is 21.2. The van der Waals surface area contributed by atoms with Crippen molar-refractivity contribution < 1.29 is 23.9 Å². The van der Waals surface area contributed by atoms with Gasteiger partial charge < -0.3 is 20.1 Å². The van der Waals surface area contributed by atoms with Gasteiger partial charge in [-0.15, -0.1) is 0 Å². The first-order chi connectivity index (χ1) is 16.9. The fourth-order valence-corrected chi connectivity index (χ4v) is 4.77. The second-order valence-electron chi connectivity index (χ2n) is 9.30. The highest BCUT2D eigenvalue weighted by atomic mass is 35.5. The number of hydrogen-bond donors (Lipinski definition) is 2. The van der Waals surface area contributed by atoms with Crippen molar-refractivity contribution in [3.63, 3.8) is 0 Å². The first kappa shape index (κ1) is 29.9. The van der Waals surface area contributed by atoms with Gasteiger partial charge >= 0.3 is 6.09 Å². The Hall–Kier alpha value is -2.36. The Kier molecular flexibility index (Phi) is 11.5. The molecule has 0 aliphatic carbocycles. The second-order valence-corrected chi connectivity index (χ2v) is 12.4. The molecule has 2 aromatic rings. The van der Waals surface area contributed by atoms with Crippen molar-refractivity contribution in [3.8, 4) is 5.75 Å². The lowest BCUT2D eigenvalue weighted by atomic mass is 10.0. The van der Waals surface area contributed by atoms with Crippen LogP contribution in [0.15, 0.2) is 48.5 Å². The molecule has 0 aliphatic heterocycles. The van der Waals surface area contributed by atoms with Crippen LogP contribution in [0.3, 0.4) is 0 Å². The summed E-state index contributed by atoms with van der Waals surface area (Å²) in [5, 5.41) is 6.16. The molecule has 0 aromatic heterocycles. The van der Waals surface area contributed by atoms with Crippen LogP contribution in [0.4, 0.5) is 4.79 Å². The first-order valence-corrected chi connectivity index (χ1v) is 14.3. The van der Waals surface area contributed by atoms with E-state index in [4.69, 9.17) is 21.1 Å². The van der Waals surface area contributed by atoms with Gasteiger partial charge in [0, 0.05) is 40.7 Å². The molecule has 0 radical (unpaired) electrons. The van der Waals surface area contributed by atoms with Crippen LogP contribution < -0.4 is 15.4 Å². The van der Waals surface area contributed by atoms with E-state index in [-0.39, 0.29) is 11.7 Å². The summed E-state index contributed by atoms with van der Waals surface area (Å²) in [6.45, 7) is 9.83. The van der Waals surface area contributed by atoms with Crippen LogP contribution in [0.1, 0.15) is 50.5 Å². The highest BCUT2D eigenvalue weighted by Crippen LogP contribution is 2.22. The average Bonchev–Trinajstić information content (AvgIpc) is 2.79. The Labute approximate surface area is 225 Å². The quantitative estimate of drug-likeness (QED) is 0.197. The number of amides is 2. The molecule has 0 spiro atoms. The fourth-order valence-electron chi connectivity index (χ4n) is 2.83. The topological polar surface area (TPSA) is 93.7 Å². The van der Waals surface area contributed by atoms with Crippen LogP contribution in [0, 0.1) is 0 Å². The van der Waals surface area contributed by atoms with Crippen molar-refractivity contribution in [2.45, 2.75) is 45.8 Å². The molecule has 0 bridgehead atoms. The van der Waals surface area contributed by atoms with E-state index in [1.54, 1.807) is 84.0 Å². The van der Waals surface area contributed by atoms with Crippen LogP contribution in [0.2, 0.25) is 5.02 Å². The molecule has 2 rings (SSSR count). The molecule has 0 unspecified atom stereocenters. The Balaban J connectivity index is 1.69. The summed E-state index contributed by atoms with van der Waals surface area (Å²) < 4.78 is 11.1. The van der Waals surface area contributed by atoms with Crippen LogP contribution in [0.25, 0.3) is 0 Å². The van der Waals surface area contributed by atoms with E-state index >= 15 is 0 Å². The van der Waals surface area contributed by atoms with Crippen molar-refractivity contribution >= 4 is 51.0 Å². The van der Waals surface area contributed by atoms with E-state index in [2.05, 4.69) is 10.6 Å². The standard InChI is InChI=1S/C26H33ClN2O5S2/c1-25(2,3)34-24(32)29-15-17-36-35-16-14-28-23(31)26(4,5)33-21-12-8-19(9-13-21)22(30)18-6-10-20(27)11-7-18/h6-13H,14-17H2,1-5H3,(H,28,31)(H,29,32). The lowest BCUT2D eigenvalue weighted by molar-refractivity contribution is -0.134. The highest BCUT2D eigenvalue weighted by molar-refractivity contribution is 8.76. The first-order valence-electron chi connectivity index (χ1n) is 11.5. The predicted octanol–water partition coefficient (Wildman–Crippen LogP) is 5.75. The highest BCUT2D eigenvalue weighted by Gasteiger charge is 2.29. The molecule has 0 heterocycles. The number of rotatable bonds is 12. The Morgan fingerprint density at radius 1 is 0.806 bits per heavy atom.